The molecule has 0 atom stereocenters. The van der Waals surface area contributed by atoms with Crippen molar-refractivity contribution in [2.24, 2.45) is 12.0 Å². The molecule has 1 aromatic rings. The van der Waals surface area contributed by atoms with E-state index in [-0.39, 0.29) is 42.4 Å². The van der Waals surface area contributed by atoms with E-state index in [9.17, 15) is 9.59 Å². The monoisotopic (exact) mass is 492 g/mol. The predicted octanol–water partition coefficient (Wildman–Crippen LogP) is 0.996. The van der Waals surface area contributed by atoms with Crippen LogP contribution in [0, 0.1) is 0 Å². The standard InChI is InChI=1S/C17H28N6O3.HI/c1-4-18-17(19-8-6-7-16(25)26-5-2)22-9-10-23(15(24)13-22)14-11-20-21(3)12-14;/h11-12H,4-10,13H2,1-3H3,(H,18,19);1H. The quantitative estimate of drug-likeness (QED) is 0.201. The van der Waals surface area contributed by atoms with Gasteiger partial charge in [-0.3, -0.25) is 19.3 Å². The van der Waals surface area contributed by atoms with Crippen molar-refractivity contribution in [2.45, 2.75) is 26.7 Å². The van der Waals surface area contributed by atoms with E-state index in [1.165, 1.54) is 0 Å². The maximum absolute atomic E-state index is 12.5. The number of guanidine groups is 1. The molecular formula is C17H29IN6O3. The summed E-state index contributed by atoms with van der Waals surface area (Å²) in [7, 11) is 1.83. The minimum absolute atomic E-state index is 0. The van der Waals surface area contributed by atoms with Crippen molar-refractivity contribution in [1.82, 2.24) is 20.0 Å². The Kier molecular flexibility index (Phi) is 10.1. The lowest BCUT2D eigenvalue weighted by Gasteiger charge is -2.35. The molecule has 9 nitrogen and oxygen atoms in total. The third-order valence-electron chi connectivity index (χ3n) is 3.96. The van der Waals surface area contributed by atoms with Gasteiger partial charge in [0, 0.05) is 45.8 Å². The summed E-state index contributed by atoms with van der Waals surface area (Å²) in [5.41, 5.74) is 0.813. The smallest absolute Gasteiger partial charge is 0.305 e. The first-order chi connectivity index (χ1) is 12.5. The second kappa shape index (κ2) is 11.8. The molecule has 1 aliphatic heterocycles. The van der Waals surface area contributed by atoms with Crippen LogP contribution < -0.4 is 10.2 Å². The number of ether oxygens (including phenoxy) is 1. The predicted molar refractivity (Wildman–Crippen MR) is 114 cm³/mol. The molecule has 1 fully saturated rings. The Morgan fingerprint density at radius 1 is 1.37 bits per heavy atom. The first-order valence-electron chi connectivity index (χ1n) is 9.03. The maximum atomic E-state index is 12.5. The molecule has 2 heterocycles. The molecular weight excluding hydrogens is 463 g/mol. The Hall–Kier alpha value is -1.85. The van der Waals surface area contributed by atoms with Gasteiger partial charge in [-0.2, -0.15) is 5.10 Å². The van der Waals surface area contributed by atoms with E-state index in [0.29, 0.717) is 51.6 Å². The Morgan fingerprint density at radius 3 is 2.74 bits per heavy atom. The molecule has 1 amide bonds. The molecule has 0 bridgehead atoms. The number of halogens is 1. The van der Waals surface area contributed by atoms with Gasteiger partial charge in [0.2, 0.25) is 5.91 Å². The van der Waals surface area contributed by atoms with Crippen molar-refractivity contribution in [3.05, 3.63) is 12.4 Å². The zero-order valence-corrected chi connectivity index (χ0v) is 18.5. The number of anilines is 1. The topological polar surface area (TPSA) is 92.1 Å². The average Bonchev–Trinajstić information content (AvgIpc) is 3.04. The molecule has 0 spiro atoms. The molecule has 0 aliphatic carbocycles. The number of rotatable bonds is 7. The van der Waals surface area contributed by atoms with Gasteiger partial charge in [0.25, 0.3) is 0 Å². The molecule has 2 rings (SSSR count). The van der Waals surface area contributed by atoms with Crippen LogP contribution in [0.25, 0.3) is 0 Å². The fraction of sp³-hybridized carbons (Fsp3) is 0.647. The molecule has 0 unspecified atom stereocenters. The Bertz CT molecular complexity index is 648. The molecule has 0 radical (unpaired) electrons. The first kappa shape index (κ1) is 23.2. The highest BCUT2D eigenvalue weighted by Gasteiger charge is 2.27. The van der Waals surface area contributed by atoms with E-state index in [1.807, 2.05) is 25.1 Å². The summed E-state index contributed by atoms with van der Waals surface area (Å²) in [6, 6.07) is 0. The average molecular weight is 492 g/mol. The molecule has 0 aromatic carbocycles. The van der Waals surface area contributed by atoms with Gasteiger partial charge in [-0.1, -0.05) is 0 Å². The van der Waals surface area contributed by atoms with Crippen LogP contribution >= 0.6 is 24.0 Å². The molecule has 10 heteroatoms. The van der Waals surface area contributed by atoms with Crippen molar-refractivity contribution in [3.63, 3.8) is 0 Å². The summed E-state index contributed by atoms with van der Waals surface area (Å²) in [6.07, 6.45) is 4.51. The van der Waals surface area contributed by atoms with Gasteiger partial charge in [0.15, 0.2) is 5.96 Å². The van der Waals surface area contributed by atoms with Gasteiger partial charge in [-0.05, 0) is 20.3 Å². The van der Waals surface area contributed by atoms with E-state index in [2.05, 4.69) is 15.4 Å². The van der Waals surface area contributed by atoms with Crippen LogP contribution in [0.1, 0.15) is 26.7 Å². The zero-order chi connectivity index (χ0) is 18.9. The van der Waals surface area contributed by atoms with Crippen LogP contribution in [-0.4, -0.2) is 71.8 Å². The Morgan fingerprint density at radius 2 is 2.15 bits per heavy atom. The van der Waals surface area contributed by atoms with Gasteiger partial charge in [0.05, 0.1) is 18.5 Å². The van der Waals surface area contributed by atoms with Crippen LogP contribution in [-0.2, 0) is 21.4 Å². The number of nitrogens with one attached hydrogen (secondary N) is 1. The van der Waals surface area contributed by atoms with Gasteiger partial charge < -0.3 is 19.9 Å². The van der Waals surface area contributed by atoms with Gasteiger partial charge in [-0.15, -0.1) is 24.0 Å². The molecule has 1 saturated heterocycles. The van der Waals surface area contributed by atoms with Crippen LogP contribution in [0.4, 0.5) is 5.69 Å². The largest absolute Gasteiger partial charge is 0.466 e. The van der Waals surface area contributed by atoms with Gasteiger partial charge >= 0.3 is 5.97 Å². The van der Waals surface area contributed by atoms with Gasteiger partial charge in [0.1, 0.15) is 6.54 Å². The third-order valence-corrected chi connectivity index (χ3v) is 3.96. The Labute approximate surface area is 177 Å². The molecule has 1 aromatic heterocycles. The van der Waals surface area contributed by atoms with E-state index in [1.54, 1.807) is 22.7 Å². The van der Waals surface area contributed by atoms with Crippen molar-refractivity contribution in [3.8, 4) is 0 Å². The number of carbonyl (C=O) groups is 2. The maximum Gasteiger partial charge on any atom is 0.305 e. The minimum Gasteiger partial charge on any atom is -0.466 e. The van der Waals surface area contributed by atoms with E-state index in [0.717, 1.165) is 5.69 Å². The number of hydrogen-bond acceptors (Lipinski definition) is 5. The number of aromatic nitrogens is 2. The van der Waals surface area contributed by atoms with E-state index in [4.69, 9.17) is 4.74 Å². The Balaban J connectivity index is 0.00000364. The fourth-order valence-corrected chi connectivity index (χ4v) is 2.74. The molecule has 0 saturated carbocycles. The number of aryl methyl sites for hydroxylation is 1. The number of piperazine rings is 1. The SMILES string of the molecule is CCNC(=NCCCC(=O)OCC)N1CCN(c2cnn(C)c2)C(=O)C1.I. The van der Waals surface area contributed by atoms with Crippen molar-refractivity contribution >= 4 is 47.5 Å². The van der Waals surface area contributed by atoms with Gasteiger partial charge in [-0.25, -0.2) is 0 Å². The second-order valence-corrected chi connectivity index (χ2v) is 5.98. The van der Waals surface area contributed by atoms with Crippen molar-refractivity contribution < 1.29 is 14.3 Å². The molecule has 27 heavy (non-hydrogen) atoms. The summed E-state index contributed by atoms with van der Waals surface area (Å²) in [4.78, 5) is 32.1. The highest BCUT2D eigenvalue weighted by Crippen LogP contribution is 2.16. The van der Waals surface area contributed by atoms with Crippen LogP contribution in [0.5, 0.6) is 0 Å². The number of carbonyl (C=O) groups excluding carboxylic acids is 2. The fourth-order valence-electron chi connectivity index (χ4n) is 2.74. The second-order valence-electron chi connectivity index (χ2n) is 5.98. The zero-order valence-electron chi connectivity index (χ0n) is 16.2. The molecule has 1 N–H and O–H groups in total. The van der Waals surface area contributed by atoms with Crippen LogP contribution in [0.3, 0.4) is 0 Å². The first-order valence-corrected chi connectivity index (χ1v) is 9.03. The lowest BCUT2D eigenvalue weighted by Crippen LogP contribution is -2.55. The highest BCUT2D eigenvalue weighted by atomic mass is 127. The molecule has 1 aliphatic rings. The number of amides is 1. The van der Waals surface area contributed by atoms with Crippen molar-refractivity contribution in [2.75, 3.05) is 44.2 Å². The minimum atomic E-state index is -0.201. The number of aliphatic imine (C=N–C) groups is 1. The normalized spacial score (nSPS) is 14.8. The number of nitrogens with zero attached hydrogens (tertiary/aromatic N) is 5. The lowest BCUT2D eigenvalue weighted by molar-refractivity contribution is -0.143. The molecule has 152 valence electrons. The van der Waals surface area contributed by atoms with Crippen LogP contribution in [0.15, 0.2) is 17.4 Å². The lowest BCUT2D eigenvalue weighted by atomic mass is 10.3. The van der Waals surface area contributed by atoms with E-state index < -0.39 is 0 Å². The summed E-state index contributed by atoms with van der Waals surface area (Å²) in [5, 5.41) is 7.34. The summed E-state index contributed by atoms with van der Waals surface area (Å²) >= 11 is 0. The summed E-state index contributed by atoms with van der Waals surface area (Å²) in [6.45, 7) is 6.93. The highest BCUT2D eigenvalue weighted by molar-refractivity contribution is 14.0. The van der Waals surface area contributed by atoms with Crippen LogP contribution in [0.2, 0.25) is 0 Å². The number of esters is 1. The number of hydrogen-bond donors (Lipinski definition) is 1. The van der Waals surface area contributed by atoms with E-state index >= 15 is 0 Å². The summed E-state index contributed by atoms with van der Waals surface area (Å²) < 4.78 is 6.60. The van der Waals surface area contributed by atoms with Crippen molar-refractivity contribution in [1.29, 1.82) is 0 Å². The third kappa shape index (κ3) is 7.00. The summed E-state index contributed by atoms with van der Waals surface area (Å²) in [5.74, 6) is 0.518.